The highest BCUT2D eigenvalue weighted by atomic mass is 16.5. The zero-order valence-electron chi connectivity index (χ0n) is 13.3. The molecule has 2 aromatic carbocycles. The van der Waals surface area contributed by atoms with Gasteiger partial charge in [0.1, 0.15) is 11.5 Å². The molecule has 0 heterocycles. The van der Waals surface area contributed by atoms with Gasteiger partial charge in [-0.3, -0.25) is 0 Å². The third-order valence-electron chi connectivity index (χ3n) is 5.40. The van der Waals surface area contributed by atoms with Crippen LogP contribution in [0.15, 0.2) is 36.4 Å². The highest BCUT2D eigenvalue weighted by molar-refractivity contribution is 5.55. The predicted molar refractivity (Wildman–Crippen MR) is 88.0 cm³/mol. The highest BCUT2D eigenvalue weighted by Crippen LogP contribution is 2.50. The van der Waals surface area contributed by atoms with Gasteiger partial charge in [0.05, 0.1) is 14.2 Å². The normalized spacial score (nSPS) is 22.3. The largest absolute Gasteiger partial charge is 0.497 e. The molecule has 2 atom stereocenters. The van der Waals surface area contributed by atoms with E-state index in [1.807, 2.05) is 6.07 Å². The standard InChI is InChI=1S/C20H22O2/c1-21-16-11-15-10-9-14-8-7-13-5-3-4-6-17(13)19(14)20(15)18(12-16)22-2/h3-6,11-12,14,19H,7-10H2,1-2H3/t14-,19+/m0/s1. The SMILES string of the molecule is COc1cc2c(c(OC)c1)[C@H]1c3ccccc3CC[C@H]1CC2. The van der Waals surface area contributed by atoms with Crippen LogP contribution in [0.25, 0.3) is 0 Å². The third-order valence-corrected chi connectivity index (χ3v) is 5.40. The Morgan fingerprint density at radius 1 is 0.909 bits per heavy atom. The van der Waals surface area contributed by atoms with Crippen LogP contribution in [0.5, 0.6) is 11.5 Å². The molecule has 0 amide bonds. The second-order valence-corrected chi connectivity index (χ2v) is 6.42. The zero-order chi connectivity index (χ0) is 15.1. The first-order chi connectivity index (χ1) is 10.8. The van der Waals surface area contributed by atoms with E-state index in [0.29, 0.717) is 5.92 Å². The van der Waals surface area contributed by atoms with Gasteiger partial charge in [0, 0.05) is 17.5 Å². The van der Waals surface area contributed by atoms with Gasteiger partial charge in [0.25, 0.3) is 0 Å². The Morgan fingerprint density at radius 3 is 2.45 bits per heavy atom. The monoisotopic (exact) mass is 294 g/mol. The van der Waals surface area contributed by atoms with E-state index in [0.717, 1.165) is 23.8 Å². The molecular weight excluding hydrogens is 272 g/mol. The summed E-state index contributed by atoms with van der Waals surface area (Å²) in [4.78, 5) is 0. The van der Waals surface area contributed by atoms with Crippen molar-refractivity contribution in [3.05, 3.63) is 58.7 Å². The van der Waals surface area contributed by atoms with Crippen LogP contribution in [0, 0.1) is 5.92 Å². The molecule has 2 aromatic rings. The van der Waals surface area contributed by atoms with Gasteiger partial charge in [-0.05, 0) is 54.4 Å². The van der Waals surface area contributed by atoms with Crippen molar-refractivity contribution in [1.29, 1.82) is 0 Å². The smallest absolute Gasteiger partial charge is 0.126 e. The second kappa shape index (κ2) is 5.35. The van der Waals surface area contributed by atoms with Crippen molar-refractivity contribution >= 4 is 0 Å². The molecule has 0 saturated carbocycles. The predicted octanol–water partition coefficient (Wildman–Crippen LogP) is 4.34. The fourth-order valence-electron chi connectivity index (χ4n) is 4.37. The molecule has 0 N–H and O–H groups in total. The third kappa shape index (κ3) is 2.01. The lowest BCUT2D eigenvalue weighted by Gasteiger charge is -2.39. The summed E-state index contributed by atoms with van der Waals surface area (Å²) in [6, 6.07) is 13.2. The van der Waals surface area contributed by atoms with E-state index in [2.05, 4.69) is 30.3 Å². The summed E-state index contributed by atoms with van der Waals surface area (Å²) in [5, 5.41) is 0. The van der Waals surface area contributed by atoms with E-state index >= 15 is 0 Å². The van der Waals surface area contributed by atoms with Gasteiger partial charge in [0.2, 0.25) is 0 Å². The van der Waals surface area contributed by atoms with Gasteiger partial charge in [0.15, 0.2) is 0 Å². The van der Waals surface area contributed by atoms with Crippen LogP contribution in [-0.4, -0.2) is 14.2 Å². The van der Waals surface area contributed by atoms with Crippen molar-refractivity contribution < 1.29 is 9.47 Å². The van der Waals surface area contributed by atoms with E-state index in [1.165, 1.54) is 41.5 Å². The maximum absolute atomic E-state index is 5.74. The summed E-state index contributed by atoms with van der Waals surface area (Å²) in [6.45, 7) is 0. The molecule has 114 valence electrons. The van der Waals surface area contributed by atoms with Crippen LogP contribution in [0.2, 0.25) is 0 Å². The van der Waals surface area contributed by atoms with E-state index in [9.17, 15) is 0 Å². The topological polar surface area (TPSA) is 18.5 Å². The molecule has 2 aliphatic carbocycles. The van der Waals surface area contributed by atoms with Crippen LogP contribution < -0.4 is 9.47 Å². The molecular formula is C20H22O2. The maximum Gasteiger partial charge on any atom is 0.126 e. The Morgan fingerprint density at radius 2 is 1.68 bits per heavy atom. The Hall–Kier alpha value is -1.96. The summed E-state index contributed by atoms with van der Waals surface area (Å²) >= 11 is 0. The fraction of sp³-hybridized carbons (Fsp3) is 0.400. The van der Waals surface area contributed by atoms with Crippen LogP contribution in [-0.2, 0) is 12.8 Å². The van der Waals surface area contributed by atoms with Gasteiger partial charge in [-0.15, -0.1) is 0 Å². The molecule has 0 spiro atoms. The quantitative estimate of drug-likeness (QED) is 0.820. The Kier molecular flexibility index (Phi) is 3.33. The summed E-state index contributed by atoms with van der Waals surface area (Å²) in [5.74, 6) is 3.11. The Bertz CT molecular complexity index is 688. The van der Waals surface area contributed by atoms with Crippen molar-refractivity contribution in [1.82, 2.24) is 0 Å². The van der Waals surface area contributed by atoms with Crippen molar-refractivity contribution in [3.63, 3.8) is 0 Å². The van der Waals surface area contributed by atoms with Crippen molar-refractivity contribution in [2.24, 2.45) is 5.92 Å². The lowest BCUT2D eigenvalue weighted by atomic mass is 9.65. The summed E-state index contributed by atoms with van der Waals surface area (Å²) in [6.07, 6.45) is 4.90. The van der Waals surface area contributed by atoms with Gasteiger partial charge in [-0.1, -0.05) is 24.3 Å². The zero-order valence-corrected chi connectivity index (χ0v) is 13.3. The molecule has 0 aromatic heterocycles. The number of ether oxygens (including phenoxy) is 2. The van der Waals surface area contributed by atoms with E-state index in [4.69, 9.17) is 9.47 Å². The van der Waals surface area contributed by atoms with Crippen LogP contribution >= 0.6 is 0 Å². The van der Waals surface area contributed by atoms with Gasteiger partial charge in [-0.25, -0.2) is 0 Å². The number of hydrogen-bond acceptors (Lipinski definition) is 2. The molecule has 4 rings (SSSR count). The van der Waals surface area contributed by atoms with Gasteiger partial charge < -0.3 is 9.47 Å². The molecule has 2 heteroatoms. The molecule has 2 nitrogen and oxygen atoms in total. The Balaban J connectivity index is 1.92. The van der Waals surface area contributed by atoms with Crippen molar-refractivity contribution in [2.45, 2.75) is 31.6 Å². The number of fused-ring (bicyclic) bond motifs is 5. The highest BCUT2D eigenvalue weighted by Gasteiger charge is 2.37. The first-order valence-corrected chi connectivity index (χ1v) is 8.14. The summed E-state index contributed by atoms with van der Waals surface area (Å²) < 4.78 is 11.2. The van der Waals surface area contributed by atoms with Crippen LogP contribution in [0.4, 0.5) is 0 Å². The molecule has 2 aliphatic rings. The number of rotatable bonds is 2. The summed E-state index contributed by atoms with van der Waals surface area (Å²) in [7, 11) is 3.50. The first kappa shape index (κ1) is 13.7. The maximum atomic E-state index is 5.74. The number of aryl methyl sites for hydroxylation is 2. The molecule has 0 aliphatic heterocycles. The number of hydrogen-bond donors (Lipinski definition) is 0. The van der Waals surface area contributed by atoms with Crippen molar-refractivity contribution in [2.75, 3.05) is 14.2 Å². The average molecular weight is 294 g/mol. The first-order valence-electron chi connectivity index (χ1n) is 8.14. The van der Waals surface area contributed by atoms with E-state index in [-0.39, 0.29) is 0 Å². The average Bonchev–Trinajstić information content (AvgIpc) is 2.59. The molecule has 0 fully saturated rings. The number of benzene rings is 2. The van der Waals surface area contributed by atoms with Gasteiger partial charge >= 0.3 is 0 Å². The van der Waals surface area contributed by atoms with Crippen LogP contribution in [0.3, 0.4) is 0 Å². The molecule has 0 unspecified atom stereocenters. The molecule has 0 bridgehead atoms. The lowest BCUT2D eigenvalue weighted by molar-refractivity contribution is 0.338. The van der Waals surface area contributed by atoms with Crippen molar-refractivity contribution in [3.8, 4) is 11.5 Å². The molecule has 22 heavy (non-hydrogen) atoms. The van der Waals surface area contributed by atoms with E-state index < -0.39 is 0 Å². The van der Waals surface area contributed by atoms with Crippen LogP contribution in [0.1, 0.15) is 41.0 Å². The minimum Gasteiger partial charge on any atom is -0.497 e. The fourth-order valence-corrected chi connectivity index (χ4v) is 4.37. The summed E-state index contributed by atoms with van der Waals surface area (Å²) in [5.41, 5.74) is 5.80. The minimum absolute atomic E-state index is 0.481. The minimum atomic E-state index is 0.481. The second-order valence-electron chi connectivity index (χ2n) is 6.42. The van der Waals surface area contributed by atoms with E-state index in [1.54, 1.807) is 14.2 Å². The lowest BCUT2D eigenvalue weighted by Crippen LogP contribution is -2.27. The molecule has 0 radical (unpaired) electrons. The molecule has 0 saturated heterocycles. The number of methoxy groups -OCH3 is 2. The van der Waals surface area contributed by atoms with Gasteiger partial charge in [-0.2, -0.15) is 0 Å². The Labute approximate surface area is 132 Å².